The van der Waals surface area contributed by atoms with Crippen LogP contribution in [0.3, 0.4) is 0 Å². The molecular weight excluding hydrogens is 590 g/mol. The number of aryl methyl sites for hydroxylation is 2. The van der Waals surface area contributed by atoms with Gasteiger partial charge in [0.15, 0.2) is 0 Å². The molecule has 5 rings (SSSR count). The number of rotatable bonds is 10. The Morgan fingerprint density at radius 2 is 1.75 bits per heavy atom. The molecule has 0 saturated carbocycles. The normalized spacial score (nSPS) is 16.0. The minimum atomic E-state index is -4.05. The van der Waals surface area contributed by atoms with Gasteiger partial charge in [0, 0.05) is 16.7 Å². The first-order valence-electron chi connectivity index (χ1n) is 14.8. The van der Waals surface area contributed by atoms with Gasteiger partial charge in [-0.2, -0.15) is 8.42 Å². The van der Waals surface area contributed by atoms with Gasteiger partial charge in [0.2, 0.25) is 0 Å². The number of aliphatic imine (C=N–C) groups is 1. The fourth-order valence-corrected chi connectivity index (χ4v) is 6.81. The molecule has 1 N–H and O–H groups in total. The van der Waals surface area contributed by atoms with Crippen molar-refractivity contribution in [3.63, 3.8) is 0 Å². The zero-order valence-corrected chi connectivity index (χ0v) is 27.1. The Hall–Kier alpha value is -3.55. The van der Waals surface area contributed by atoms with Crippen LogP contribution in [0.1, 0.15) is 66.7 Å². The van der Waals surface area contributed by atoms with E-state index in [0.29, 0.717) is 17.9 Å². The summed E-state index contributed by atoms with van der Waals surface area (Å²) in [7, 11) is -4.05. The molecule has 0 aliphatic carbocycles. The van der Waals surface area contributed by atoms with Crippen LogP contribution in [0.25, 0.3) is 6.08 Å². The Bertz CT molecular complexity index is 1800. The zero-order valence-electron chi connectivity index (χ0n) is 25.5. The number of allylic oxidation sites excluding steroid dienone is 1. The minimum absolute atomic E-state index is 0.116. The molecule has 1 aliphatic rings. The fraction of sp³-hybridized carbons (Fsp3) is 0.270. The summed E-state index contributed by atoms with van der Waals surface area (Å²) in [5.74, 6) is 0.245. The van der Waals surface area contributed by atoms with Crippen LogP contribution in [0.5, 0.6) is 0 Å². The molecular formula is C37H38ClNO4S. The Morgan fingerprint density at radius 3 is 2.50 bits per heavy atom. The lowest BCUT2D eigenvalue weighted by molar-refractivity contribution is 0.0773. The quantitative estimate of drug-likeness (QED) is 0.178. The van der Waals surface area contributed by atoms with E-state index in [9.17, 15) is 13.5 Å². The monoisotopic (exact) mass is 627 g/mol. The Kier molecular flexibility index (Phi) is 9.56. The van der Waals surface area contributed by atoms with E-state index in [2.05, 4.69) is 6.92 Å². The molecule has 1 unspecified atom stereocenters. The molecule has 1 aliphatic heterocycles. The van der Waals surface area contributed by atoms with Crippen molar-refractivity contribution in [2.75, 3.05) is 0 Å². The van der Waals surface area contributed by atoms with Crippen LogP contribution in [0.2, 0.25) is 5.02 Å². The average molecular weight is 628 g/mol. The molecule has 0 radical (unpaired) electrons. The number of fused-ring (bicyclic) bond motifs is 1. The van der Waals surface area contributed by atoms with E-state index in [4.69, 9.17) is 20.8 Å². The van der Waals surface area contributed by atoms with Gasteiger partial charge < -0.3 is 5.11 Å². The molecule has 2 atom stereocenters. The van der Waals surface area contributed by atoms with E-state index in [1.165, 1.54) is 5.56 Å². The molecule has 5 nitrogen and oxygen atoms in total. The van der Waals surface area contributed by atoms with Gasteiger partial charge in [-0.1, -0.05) is 90.8 Å². The van der Waals surface area contributed by atoms with Crippen LogP contribution in [-0.2, 0) is 32.7 Å². The van der Waals surface area contributed by atoms with Crippen molar-refractivity contribution in [1.82, 2.24) is 0 Å². The van der Waals surface area contributed by atoms with Crippen molar-refractivity contribution in [1.29, 1.82) is 0 Å². The highest BCUT2D eigenvalue weighted by atomic mass is 35.5. The molecule has 0 amide bonds. The minimum Gasteiger partial charge on any atom is -0.386 e. The van der Waals surface area contributed by atoms with Crippen LogP contribution >= 0.6 is 11.6 Å². The molecule has 4 aromatic carbocycles. The van der Waals surface area contributed by atoms with Crippen molar-refractivity contribution < 1.29 is 17.7 Å². The third-order valence-corrected chi connectivity index (χ3v) is 9.53. The predicted octanol–water partition coefficient (Wildman–Crippen LogP) is 8.93. The van der Waals surface area contributed by atoms with Crippen LogP contribution in [-0.4, -0.2) is 19.2 Å². The van der Waals surface area contributed by atoms with E-state index in [-0.39, 0.29) is 10.8 Å². The highest BCUT2D eigenvalue weighted by Gasteiger charge is 2.26. The molecule has 0 bridgehead atoms. The second-order valence-corrected chi connectivity index (χ2v) is 14.0. The summed E-state index contributed by atoms with van der Waals surface area (Å²) in [4.78, 5) is 4.98. The van der Waals surface area contributed by atoms with Crippen LogP contribution in [0.4, 0.5) is 5.69 Å². The summed E-state index contributed by atoms with van der Waals surface area (Å²) < 4.78 is 32.8. The summed E-state index contributed by atoms with van der Waals surface area (Å²) in [5.41, 5.74) is 6.38. The molecule has 44 heavy (non-hydrogen) atoms. The lowest BCUT2D eigenvalue weighted by Crippen LogP contribution is -2.19. The number of nitrogens with zero attached hydrogens (tertiary/aromatic N) is 1. The standard InChI is InChI=1S/C37H38ClNO4S/c1-25-12-18-32(19-13-25)44(41,42)43-36(21-16-28-9-5-6-11-33(28)37(3,4)40)30-10-7-8-27(23-30)14-20-34-26(2)22-29-15-17-31(38)24-35(29)39-34/h5-15,17-20,23-24,26,36,40H,16,21-22H2,1-4H3/b20-14+/t26?,36-/m0/s1. The molecule has 0 fully saturated rings. The van der Waals surface area contributed by atoms with Crippen molar-refractivity contribution in [2.24, 2.45) is 10.9 Å². The van der Waals surface area contributed by atoms with Gasteiger partial charge in [-0.05, 0) is 104 Å². The number of aliphatic hydroxyl groups is 1. The van der Waals surface area contributed by atoms with Gasteiger partial charge >= 0.3 is 0 Å². The molecule has 0 aromatic heterocycles. The summed E-state index contributed by atoms with van der Waals surface area (Å²) in [6, 6.07) is 27.9. The summed E-state index contributed by atoms with van der Waals surface area (Å²) in [6.07, 6.45) is 5.08. The summed E-state index contributed by atoms with van der Waals surface area (Å²) >= 11 is 6.21. The highest BCUT2D eigenvalue weighted by molar-refractivity contribution is 7.86. The average Bonchev–Trinajstić information content (AvgIpc) is 2.98. The van der Waals surface area contributed by atoms with E-state index in [1.807, 2.05) is 85.8 Å². The van der Waals surface area contributed by atoms with Gasteiger partial charge in [-0.3, -0.25) is 9.18 Å². The van der Waals surface area contributed by atoms with Gasteiger partial charge in [-0.25, -0.2) is 0 Å². The summed E-state index contributed by atoms with van der Waals surface area (Å²) in [5, 5.41) is 11.4. The van der Waals surface area contributed by atoms with E-state index >= 15 is 0 Å². The van der Waals surface area contributed by atoms with E-state index in [0.717, 1.165) is 45.6 Å². The first-order valence-corrected chi connectivity index (χ1v) is 16.6. The highest BCUT2D eigenvalue weighted by Crippen LogP contribution is 2.33. The van der Waals surface area contributed by atoms with Crippen molar-refractivity contribution in [3.8, 4) is 0 Å². The Labute approximate surface area is 266 Å². The third kappa shape index (κ3) is 7.74. The Morgan fingerprint density at radius 1 is 1.00 bits per heavy atom. The molecule has 1 heterocycles. The summed E-state index contributed by atoms with van der Waals surface area (Å²) in [6.45, 7) is 7.57. The Balaban J connectivity index is 1.45. The third-order valence-electron chi connectivity index (χ3n) is 7.96. The van der Waals surface area contributed by atoms with Crippen molar-refractivity contribution >= 4 is 39.2 Å². The number of hydrogen-bond donors (Lipinski definition) is 1. The van der Waals surface area contributed by atoms with Gasteiger partial charge in [-0.15, -0.1) is 0 Å². The van der Waals surface area contributed by atoms with Gasteiger partial charge in [0.1, 0.15) is 6.10 Å². The smallest absolute Gasteiger partial charge is 0.297 e. The van der Waals surface area contributed by atoms with Gasteiger partial charge in [0.25, 0.3) is 10.1 Å². The zero-order chi connectivity index (χ0) is 31.5. The predicted molar refractivity (Wildman–Crippen MR) is 179 cm³/mol. The first-order chi connectivity index (χ1) is 20.9. The second kappa shape index (κ2) is 13.2. The molecule has 228 valence electrons. The number of hydrogen-bond acceptors (Lipinski definition) is 5. The number of halogens is 1. The maximum Gasteiger partial charge on any atom is 0.297 e. The lowest BCUT2D eigenvalue weighted by atomic mass is 9.89. The second-order valence-electron chi connectivity index (χ2n) is 12.0. The van der Waals surface area contributed by atoms with Crippen molar-refractivity contribution in [3.05, 3.63) is 135 Å². The molecule has 4 aromatic rings. The lowest BCUT2D eigenvalue weighted by Gasteiger charge is -2.23. The van der Waals surface area contributed by atoms with Crippen LogP contribution in [0.15, 0.2) is 107 Å². The molecule has 0 saturated heterocycles. The van der Waals surface area contributed by atoms with Crippen LogP contribution < -0.4 is 0 Å². The fourth-order valence-electron chi connectivity index (χ4n) is 5.55. The van der Waals surface area contributed by atoms with Gasteiger partial charge in [0.05, 0.1) is 16.2 Å². The molecule has 0 spiro atoms. The molecule has 7 heteroatoms. The largest absolute Gasteiger partial charge is 0.386 e. The maximum absolute atomic E-state index is 13.4. The maximum atomic E-state index is 13.4. The topological polar surface area (TPSA) is 76.0 Å². The SMILES string of the molecule is Cc1ccc(S(=O)(=O)O[C@@H](CCc2ccccc2C(C)(C)O)c2cccc(/C=C/C3=Nc4cc(Cl)ccc4CC3C)c2)cc1. The van der Waals surface area contributed by atoms with E-state index < -0.39 is 21.8 Å². The van der Waals surface area contributed by atoms with Crippen LogP contribution in [0, 0.1) is 12.8 Å². The first kappa shape index (κ1) is 31.9. The number of benzene rings is 4. The van der Waals surface area contributed by atoms with Crippen molar-refractivity contribution in [2.45, 2.75) is 63.6 Å². The van der Waals surface area contributed by atoms with E-state index in [1.54, 1.807) is 38.1 Å².